The Bertz CT molecular complexity index is 815. The van der Waals surface area contributed by atoms with Crippen molar-refractivity contribution in [3.05, 3.63) is 41.9 Å². The van der Waals surface area contributed by atoms with Crippen LogP contribution in [-0.4, -0.2) is 45.0 Å². The van der Waals surface area contributed by atoms with Crippen LogP contribution in [0.25, 0.3) is 0 Å². The van der Waals surface area contributed by atoms with Crippen molar-refractivity contribution in [2.24, 2.45) is 18.0 Å². The molecule has 0 amide bonds. The van der Waals surface area contributed by atoms with Gasteiger partial charge in [0.25, 0.3) is 0 Å². The van der Waals surface area contributed by atoms with Gasteiger partial charge in [0.1, 0.15) is 5.60 Å². The first-order valence-electron chi connectivity index (χ1n) is 10.5. The fourth-order valence-corrected chi connectivity index (χ4v) is 3.10. The molecule has 0 aromatic carbocycles. The molecule has 0 radical (unpaired) electrons. The van der Waals surface area contributed by atoms with Crippen LogP contribution in [0.4, 0.5) is 0 Å². The quantitative estimate of drug-likeness (QED) is 0.407. The molecule has 30 heavy (non-hydrogen) atoms. The first-order chi connectivity index (χ1) is 14.2. The van der Waals surface area contributed by atoms with Crippen molar-refractivity contribution < 1.29 is 9.84 Å². The zero-order valence-corrected chi connectivity index (χ0v) is 19.0. The average molecular weight is 417 g/mol. The van der Waals surface area contributed by atoms with Gasteiger partial charge in [-0.05, 0) is 44.7 Å². The molecule has 2 atom stereocenters. The number of guanidine groups is 1. The van der Waals surface area contributed by atoms with E-state index < -0.39 is 5.60 Å². The second kappa shape index (κ2) is 11.0. The molecule has 166 valence electrons. The summed E-state index contributed by atoms with van der Waals surface area (Å²) in [5, 5.41) is 21.3. The first kappa shape index (κ1) is 23.7. The number of nitrogens with zero attached hydrogens (tertiary/aromatic N) is 4. The van der Waals surface area contributed by atoms with Gasteiger partial charge < -0.3 is 20.5 Å². The minimum atomic E-state index is -1.06. The van der Waals surface area contributed by atoms with Gasteiger partial charge in [-0.3, -0.25) is 4.68 Å². The van der Waals surface area contributed by atoms with Crippen molar-refractivity contribution in [2.75, 3.05) is 13.1 Å². The number of ether oxygens (including phenoxy) is 1. The highest BCUT2D eigenvalue weighted by Crippen LogP contribution is 2.18. The van der Waals surface area contributed by atoms with Gasteiger partial charge in [-0.1, -0.05) is 13.8 Å². The van der Waals surface area contributed by atoms with E-state index in [1.165, 1.54) is 0 Å². The number of nitrogens with one attached hydrogen (secondary N) is 2. The van der Waals surface area contributed by atoms with Crippen LogP contribution in [0, 0.1) is 5.92 Å². The van der Waals surface area contributed by atoms with Crippen molar-refractivity contribution in [1.82, 2.24) is 25.4 Å². The second-order valence-corrected chi connectivity index (χ2v) is 8.29. The van der Waals surface area contributed by atoms with E-state index in [-0.39, 0.29) is 6.10 Å². The Morgan fingerprint density at radius 3 is 2.73 bits per heavy atom. The highest BCUT2D eigenvalue weighted by atomic mass is 16.5. The van der Waals surface area contributed by atoms with Crippen molar-refractivity contribution in [2.45, 2.75) is 59.3 Å². The van der Waals surface area contributed by atoms with Crippen molar-refractivity contribution >= 4 is 5.96 Å². The van der Waals surface area contributed by atoms with E-state index in [1.807, 2.05) is 32.3 Å². The maximum absolute atomic E-state index is 10.8. The van der Waals surface area contributed by atoms with E-state index in [0.29, 0.717) is 30.8 Å². The predicted molar refractivity (Wildman–Crippen MR) is 119 cm³/mol. The molecular weight excluding hydrogens is 380 g/mol. The summed E-state index contributed by atoms with van der Waals surface area (Å²) in [7, 11) is 1.83. The SMILES string of the molecule is CCNC(=NCc1ccnc(OC(C)CC(C)C)c1)NCC(C)(O)c1cnn(C)c1. The number of hydrogen-bond acceptors (Lipinski definition) is 5. The van der Waals surface area contributed by atoms with Crippen molar-refractivity contribution in [1.29, 1.82) is 0 Å². The van der Waals surface area contributed by atoms with Crippen LogP contribution in [0.3, 0.4) is 0 Å². The minimum absolute atomic E-state index is 0.116. The summed E-state index contributed by atoms with van der Waals surface area (Å²) in [5.41, 5.74) is 0.696. The summed E-state index contributed by atoms with van der Waals surface area (Å²) < 4.78 is 7.61. The molecule has 0 aliphatic rings. The van der Waals surface area contributed by atoms with E-state index in [9.17, 15) is 5.11 Å². The molecule has 0 aliphatic heterocycles. The standard InChI is InChI=1S/C22H36N6O2/c1-7-23-21(26-15-22(5,29)19-13-27-28(6)14-19)25-12-18-8-9-24-20(11-18)30-17(4)10-16(2)3/h8-9,11,13-14,16-17,29H,7,10,12,15H2,1-6H3,(H2,23,25,26). The maximum atomic E-state index is 10.8. The topological polar surface area (TPSA) is 96.6 Å². The largest absolute Gasteiger partial charge is 0.475 e. The Labute approximate surface area is 179 Å². The Morgan fingerprint density at radius 2 is 2.10 bits per heavy atom. The second-order valence-electron chi connectivity index (χ2n) is 8.29. The zero-order valence-electron chi connectivity index (χ0n) is 19.0. The number of aromatic nitrogens is 3. The summed E-state index contributed by atoms with van der Waals surface area (Å²) in [6, 6.07) is 3.86. The Kier molecular flexibility index (Phi) is 8.65. The molecule has 2 aromatic rings. The van der Waals surface area contributed by atoms with Gasteiger partial charge in [0, 0.05) is 37.6 Å². The number of rotatable bonds is 10. The van der Waals surface area contributed by atoms with E-state index >= 15 is 0 Å². The lowest BCUT2D eigenvalue weighted by Crippen LogP contribution is -2.44. The Morgan fingerprint density at radius 1 is 1.33 bits per heavy atom. The lowest BCUT2D eigenvalue weighted by Gasteiger charge is -2.23. The van der Waals surface area contributed by atoms with E-state index in [0.717, 1.165) is 24.1 Å². The monoisotopic (exact) mass is 416 g/mol. The highest BCUT2D eigenvalue weighted by Gasteiger charge is 2.25. The molecule has 0 aliphatic carbocycles. The molecule has 8 nitrogen and oxygen atoms in total. The van der Waals surface area contributed by atoms with Crippen LogP contribution < -0.4 is 15.4 Å². The molecule has 2 heterocycles. The molecule has 3 N–H and O–H groups in total. The summed E-state index contributed by atoms with van der Waals surface area (Å²) in [4.78, 5) is 8.94. The van der Waals surface area contributed by atoms with Crippen LogP contribution in [0.15, 0.2) is 35.7 Å². The summed E-state index contributed by atoms with van der Waals surface area (Å²) in [5.74, 6) is 1.83. The number of aliphatic hydroxyl groups is 1. The zero-order chi connectivity index (χ0) is 22.1. The highest BCUT2D eigenvalue weighted by molar-refractivity contribution is 5.79. The normalized spacial score (nSPS) is 15.0. The van der Waals surface area contributed by atoms with Crippen molar-refractivity contribution in [3.8, 4) is 5.88 Å². The van der Waals surface area contributed by atoms with Crippen LogP contribution in [0.2, 0.25) is 0 Å². The molecule has 2 unspecified atom stereocenters. The predicted octanol–water partition coefficient (Wildman–Crippen LogP) is 2.59. The lowest BCUT2D eigenvalue weighted by atomic mass is 10.00. The summed E-state index contributed by atoms with van der Waals surface area (Å²) in [6.07, 6.45) is 6.32. The smallest absolute Gasteiger partial charge is 0.213 e. The third kappa shape index (κ3) is 7.67. The average Bonchev–Trinajstić information content (AvgIpc) is 3.11. The number of pyridine rings is 1. The molecule has 0 saturated heterocycles. The van der Waals surface area contributed by atoms with Crippen LogP contribution in [0.5, 0.6) is 5.88 Å². The third-order valence-electron chi connectivity index (χ3n) is 4.62. The Balaban J connectivity index is 1.99. The van der Waals surface area contributed by atoms with Gasteiger partial charge in [0.05, 0.1) is 25.4 Å². The van der Waals surface area contributed by atoms with Crippen LogP contribution in [-0.2, 0) is 19.2 Å². The molecule has 2 aromatic heterocycles. The first-order valence-corrected chi connectivity index (χ1v) is 10.5. The van der Waals surface area contributed by atoms with Gasteiger partial charge >= 0.3 is 0 Å². The molecule has 8 heteroatoms. The molecule has 0 saturated carbocycles. The van der Waals surface area contributed by atoms with E-state index in [2.05, 4.69) is 46.5 Å². The fourth-order valence-electron chi connectivity index (χ4n) is 3.10. The number of aliphatic imine (C=N–C) groups is 1. The molecular formula is C22H36N6O2. The summed E-state index contributed by atoms with van der Waals surface area (Å²) in [6.45, 7) is 11.7. The van der Waals surface area contributed by atoms with E-state index in [1.54, 1.807) is 24.0 Å². The lowest BCUT2D eigenvalue weighted by molar-refractivity contribution is 0.0616. The van der Waals surface area contributed by atoms with Gasteiger partial charge in [0.15, 0.2) is 5.96 Å². The van der Waals surface area contributed by atoms with E-state index in [4.69, 9.17) is 4.74 Å². The fraction of sp³-hybridized carbons (Fsp3) is 0.591. The Hall–Kier alpha value is -2.61. The van der Waals surface area contributed by atoms with Crippen LogP contribution >= 0.6 is 0 Å². The molecule has 0 bridgehead atoms. The van der Waals surface area contributed by atoms with Crippen molar-refractivity contribution in [3.63, 3.8) is 0 Å². The van der Waals surface area contributed by atoms with Gasteiger partial charge in [0.2, 0.25) is 5.88 Å². The number of aryl methyl sites for hydroxylation is 1. The van der Waals surface area contributed by atoms with Crippen LogP contribution in [0.1, 0.15) is 52.2 Å². The summed E-state index contributed by atoms with van der Waals surface area (Å²) >= 11 is 0. The third-order valence-corrected chi connectivity index (χ3v) is 4.62. The maximum Gasteiger partial charge on any atom is 0.213 e. The minimum Gasteiger partial charge on any atom is -0.475 e. The number of hydrogen-bond donors (Lipinski definition) is 3. The molecule has 2 rings (SSSR count). The van der Waals surface area contributed by atoms with Gasteiger partial charge in [-0.15, -0.1) is 0 Å². The molecule has 0 fully saturated rings. The molecule has 0 spiro atoms. The van der Waals surface area contributed by atoms with Gasteiger partial charge in [-0.2, -0.15) is 5.10 Å². The van der Waals surface area contributed by atoms with Gasteiger partial charge in [-0.25, -0.2) is 9.98 Å².